The highest BCUT2D eigenvalue weighted by Crippen LogP contribution is 2.48. The molecule has 2 aromatic rings. The van der Waals surface area contributed by atoms with Crippen molar-refractivity contribution in [1.82, 2.24) is 0 Å². The van der Waals surface area contributed by atoms with Crippen molar-refractivity contribution in [2.45, 2.75) is 19.2 Å². The number of terminal acetylenes is 1. The first-order chi connectivity index (χ1) is 9.86. The summed E-state index contributed by atoms with van der Waals surface area (Å²) in [5.74, 6) is 3.65. The Balaban J connectivity index is 1.76. The van der Waals surface area contributed by atoms with E-state index < -0.39 is 8.38 Å². The summed E-state index contributed by atoms with van der Waals surface area (Å²) in [7, 11) is -0.930. The summed E-state index contributed by atoms with van der Waals surface area (Å²) >= 11 is 0. The van der Waals surface area contributed by atoms with Gasteiger partial charge in [0, 0.05) is 12.0 Å². The summed E-state index contributed by atoms with van der Waals surface area (Å²) in [6, 6.07) is 16.2. The monoisotopic (exact) mass is 282 g/mol. The van der Waals surface area contributed by atoms with Crippen LogP contribution in [0.5, 0.6) is 5.75 Å². The second-order valence-corrected chi connectivity index (χ2v) is 6.04. The first-order valence-corrected chi connectivity index (χ1v) is 7.89. The number of benzene rings is 2. The highest BCUT2D eigenvalue weighted by Gasteiger charge is 2.22. The van der Waals surface area contributed by atoms with Gasteiger partial charge in [-0.1, -0.05) is 42.5 Å². The lowest BCUT2D eigenvalue weighted by atomic mass is 10.1. The van der Waals surface area contributed by atoms with E-state index in [2.05, 4.69) is 18.1 Å². The topological polar surface area (TPSA) is 18.5 Å². The number of rotatable bonds is 3. The molecule has 1 unspecified atom stereocenters. The Morgan fingerprint density at radius 1 is 1.05 bits per heavy atom. The van der Waals surface area contributed by atoms with Crippen LogP contribution in [0.4, 0.5) is 0 Å². The van der Waals surface area contributed by atoms with Gasteiger partial charge in [0.1, 0.15) is 5.75 Å². The zero-order chi connectivity index (χ0) is 13.8. The molecule has 3 heteroatoms. The van der Waals surface area contributed by atoms with Gasteiger partial charge in [-0.3, -0.25) is 0 Å². The van der Waals surface area contributed by atoms with Crippen LogP contribution in [0.2, 0.25) is 0 Å². The molecule has 0 saturated heterocycles. The van der Waals surface area contributed by atoms with E-state index >= 15 is 0 Å². The molecule has 1 aliphatic rings. The molecule has 0 fully saturated rings. The Kier molecular flexibility index (Phi) is 4.02. The largest absolute Gasteiger partial charge is 0.447 e. The molecule has 0 saturated carbocycles. The Morgan fingerprint density at radius 2 is 1.80 bits per heavy atom. The molecule has 0 radical (unpaired) electrons. The second kappa shape index (κ2) is 6.09. The number of hydrogen-bond acceptors (Lipinski definition) is 2. The fourth-order valence-corrected chi connectivity index (χ4v) is 3.68. The van der Waals surface area contributed by atoms with Crippen molar-refractivity contribution in [2.24, 2.45) is 0 Å². The predicted molar refractivity (Wildman–Crippen MR) is 81.5 cm³/mol. The normalized spacial score (nSPS) is 16.9. The van der Waals surface area contributed by atoms with Crippen LogP contribution in [0.3, 0.4) is 0 Å². The molecule has 3 rings (SSSR count). The van der Waals surface area contributed by atoms with Crippen molar-refractivity contribution in [2.75, 3.05) is 0 Å². The number of fused-ring (bicyclic) bond motifs is 1. The molecule has 1 heterocycles. The maximum absolute atomic E-state index is 5.96. The molecule has 1 atom stereocenters. The van der Waals surface area contributed by atoms with Crippen LogP contribution in [0, 0.1) is 12.3 Å². The van der Waals surface area contributed by atoms with Gasteiger partial charge in [0.2, 0.25) is 8.38 Å². The molecular formula is C17H15O2P. The van der Waals surface area contributed by atoms with E-state index in [9.17, 15) is 0 Å². The van der Waals surface area contributed by atoms with Crippen LogP contribution in [0.25, 0.3) is 0 Å². The summed E-state index contributed by atoms with van der Waals surface area (Å²) in [6.07, 6.45) is 6.85. The summed E-state index contributed by atoms with van der Waals surface area (Å²) in [5.41, 5.74) is 3.52. The average molecular weight is 282 g/mol. The Labute approximate surface area is 120 Å². The molecule has 0 N–H and O–H groups in total. The molecule has 0 bridgehead atoms. The third kappa shape index (κ3) is 2.85. The van der Waals surface area contributed by atoms with Crippen LogP contribution in [0.1, 0.15) is 16.7 Å². The maximum atomic E-state index is 5.96. The minimum absolute atomic E-state index is 0.624. The van der Waals surface area contributed by atoms with Gasteiger partial charge >= 0.3 is 0 Å². The molecule has 20 heavy (non-hydrogen) atoms. The lowest BCUT2D eigenvalue weighted by Gasteiger charge is -2.25. The van der Waals surface area contributed by atoms with Crippen molar-refractivity contribution in [3.05, 3.63) is 65.2 Å². The van der Waals surface area contributed by atoms with Gasteiger partial charge in [-0.05, 0) is 17.2 Å². The molecule has 0 aliphatic carbocycles. The van der Waals surface area contributed by atoms with Gasteiger partial charge in [-0.2, -0.15) is 0 Å². The summed E-state index contributed by atoms with van der Waals surface area (Å²) in [4.78, 5) is 0. The maximum Gasteiger partial charge on any atom is 0.235 e. The molecule has 0 amide bonds. The first-order valence-electron chi connectivity index (χ1n) is 6.53. The fourth-order valence-electron chi connectivity index (χ4n) is 2.20. The zero-order valence-corrected chi connectivity index (χ0v) is 12.0. The number of para-hydroxylation sites is 1. The minimum atomic E-state index is -0.930. The molecular weight excluding hydrogens is 267 g/mol. The molecule has 2 aromatic carbocycles. The van der Waals surface area contributed by atoms with E-state index in [1.807, 2.05) is 36.4 Å². The van der Waals surface area contributed by atoms with Gasteiger partial charge in [-0.25, -0.2) is 0 Å². The molecule has 0 spiro atoms. The summed E-state index contributed by atoms with van der Waals surface area (Å²) in [5, 5.41) is 0. The lowest BCUT2D eigenvalue weighted by molar-refractivity contribution is 0.276. The SMILES string of the molecule is C#CCc1ccccc1CP1OCc2ccccc2O1. The second-order valence-electron chi connectivity index (χ2n) is 4.61. The van der Waals surface area contributed by atoms with E-state index in [1.54, 1.807) is 0 Å². The van der Waals surface area contributed by atoms with Crippen LogP contribution in [-0.2, 0) is 23.7 Å². The zero-order valence-electron chi connectivity index (χ0n) is 11.1. The van der Waals surface area contributed by atoms with Crippen LogP contribution >= 0.6 is 8.38 Å². The van der Waals surface area contributed by atoms with E-state index in [4.69, 9.17) is 15.5 Å². The van der Waals surface area contributed by atoms with Crippen molar-refractivity contribution >= 4 is 8.38 Å². The van der Waals surface area contributed by atoms with Crippen LogP contribution in [0.15, 0.2) is 48.5 Å². The Bertz CT molecular complexity index is 645. The summed E-state index contributed by atoms with van der Waals surface area (Å²) in [6.45, 7) is 0.624. The van der Waals surface area contributed by atoms with Crippen molar-refractivity contribution in [3.63, 3.8) is 0 Å². The standard InChI is InChI=1S/C17H15O2P/c1-2-7-14-8-3-4-10-16(14)13-20-18-12-15-9-5-6-11-17(15)19-20/h1,3-6,8-11H,7,12-13H2. The fraction of sp³-hybridized carbons (Fsp3) is 0.176. The number of hydrogen-bond donors (Lipinski definition) is 0. The van der Waals surface area contributed by atoms with Crippen molar-refractivity contribution < 1.29 is 9.05 Å². The van der Waals surface area contributed by atoms with E-state index in [0.717, 1.165) is 17.5 Å². The quantitative estimate of drug-likeness (QED) is 0.618. The predicted octanol–water partition coefficient (Wildman–Crippen LogP) is 4.28. The minimum Gasteiger partial charge on any atom is -0.447 e. The smallest absolute Gasteiger partial charge is 0.235 e. The third-order valence-electron chi connectivity index (χ3n) is 3.25. The lowest BCUT2D eigenvalue weighted by Crippen LogP contribution is -2.06. The van der Waals surface area contributed by atoms with E-state index in [-0.39, 0.29) is 0 Å². The highest BCUT2D eigenvalue weighted by atomic mass is 31.2. The van der Waals surface area contributed by atoms with E-state index in [0.29, 0.717) is 13.0 Å². The first kappa shape index (κ1) is 13.2. The van der Waals surface area contributed by atoms with Gasteiger partial charge in [0.05, 0.1) is 12.8 Å². The summed E-state index contributed by atoms with van der Waals surface area (Å²) < 4.78 is 11.8. The molecule has 100 valence electrons. The van der Waals surface area contributed by atoms with Crippen molar-refractivity contribution in [3.8, 4) is 18.1 Å². The highest BCUT2D eigenvalue weighted by molar-refractivity contribution is 7.46. The van der Waals surface area contributed by atoms with Gasteiger partial charge in [-0.15, -0.1) is 12.3 Å². The molecule has 2 nitrogen and oxygen atoms in total. The van der Waals surface area contributed by atoms with Gasteiger partial charge < -0.3 is 9.05 Å². The van der Waals surface area contributed by atoms with Crippen LogP contribution < -0.4 is 4.52 Å². The average Bonchev–Trinajstić information content (AvgIpc) is 2.49. The molecule has 0 aromatic heterocycles. The Hall–Kier alpha value is -1.81. The Morgan fingerprint density at radius 3 is 2.65 bits per heavy atom. The van der Waals surface area contributed by atoms with Crippen LogP contribution in [-0.4, -0.2) is 0 Å². The van der Waals surface area contributed by atoms with Gasteiger partial charge in [0.15, 0.2) is 0 Å². The van der Waals surface area contributed by atoms with Gasteiger partial charge in [0.25, 0.3) is 0 Å². The van der Waals surface area contributed by atoms with E-state index in [1.165, 1.54) is 11.1 Å². The van der Waals surface area contributed by atoms with Crippen molar-refractivity contribution in [1.29, 1.82) is 0 Å². The third-order valence-corrected chi connectivity index (χ3v) is 4.66. The molecule has 1 aliphatic heterocycles.